The number of hydrogen-bond donors (Lipinski definition) is 3. The number of carbonyl (C=O) groups excluding carboxylic acids is 2. The summed E-state index contributed by atoms with van der Waals surface area (Å²) in [6.07, 6.45) is -2.63. The van der Waals surface area contributed by atoms with Crippen LogP contribution in [0.25, 0.3) is 21.3 Å². The minimum absolute atomic E-state index is 0.00214. The number of nitro groups is 1. The number of nitrogens with one attached hydrogen (secondary N) is 2. The van der Waals surface area contributed by atoms with Gasteiger partial charge in [-0.1, -0.05) is 0 Å². The zero-order valence-corrected chi connectivity index (χ0v) is 18.7. The maximum atomic E-state index is 13.7. The summed E-state index contributed by atoms with van der Waals surface area (Å²) in [5.74, 6) is -2.09. The van der Waals surface area contributed by atoms with Gasteiger partial charge in [0.05, 0.1) is 16.8 Å². The van der Waals surface area contributed by atoms with E-state index < -0.39 is 40.0 Å². The number of anilines is 1. The van der Waals surface area contributed by atoms with E-state index in [1.54, 1.807) is 18.5 Å². The van der Waals surface area contributed by atoms with Crippen molar-refractivity contribution in [1.29, 1.82) is 0 Å². The normalized spacial score (nSPS) is 11.7. The summed E-state index contributed by atoms with van der Waals surface area (Å²) in [5.41, 5.74) is 3.66. The first-order valence-electron chi connectivity index (χ1n) is 9.80. The van der Waals surface area contributed by atoms with Crippen LogP contribution in [0.4, 0.5) is 24.5 Å². The lowest BCUT2D eigenvalue weighted by Crippen LogP contribution is -2.18. The number of thiophene rings is 1. The first-order chi connectivity index (χ1) is 16.4. The summed E-state index contributed by atoms with van der Waals surface area (Å²) in [4.78, 5) is 38.5. The van der Waals surface area contributed by atoms with Crippen LogP contribution in [-0.4, -0.2) is 41.7 Å². The SMILES string of the molecule is CCn1ncc(-c2cc(C(F)(F)F)nc3sc(C(N)=O)c(NC(=O)c4[nH]ncc4[N+](=O)[O-])c23)c1C. The molecule has 0 aliphatic heterocycles. The van der Waals surface area contributed by atoms with Gasteiger partial charge in [-0.15, -0.1) is 11.3 Å². The van der Waals surface area contributed by atoms with Gasteiger partial charge in [0.25, 0.3) is 11.8 Å². The van der Waals surface area contributed by atoms with Crippen molar-refractivity contribution in [3.8, 4) is 11.1 Å². The molecule has 0 unspecified atom stereocenters. The Labute approximate surface area is 197 Å². The summed E-state index contributed by atoms with van der Waals surface area (Å²) in [5, 5.41) is 23.4. The lowest BCUT2D eigenvalue weighted by atomic mass is 10.0. The highest BCUT2D eigenvalue weighted by molar-refractivity contribution is 7.21. The Morgan fingerprint density at radius 1 is 1.31 bits per heavy atom. The summed E-state index contributed by atoms with van der Waals surface area (Å²) in [7, 11) is 0. The van der Waals surface area contributed by atoms with Gasteiger partial charge >= 0.3 is 11.9 Å². The summed E-state index contributed by atoms with van der Waals surface area (Å²) in [6, 6.07) is 0.790. The zero-order valence-electron chi connectivity index (χ0n) is 17.9. The van der Waals surface area contributed by atoms with Gasteiger partial charge in [0.15, 0.2) is 0 Å². The number of alkyl halides is 3. The maximum Gasteiger partial charge on any atom is 0.433 e. The fourth-order valence-electron chi connectivity index (χ4n) is 3.54. The first kappa shape index (κ1) is 23.8. The molecule has 0 fully saturated rings. The fourth-order valence-corrected chi connectivity index (χ4v) is 4.55. The second-order valence-electron chi connectivity index (χ2n) is 7.20. The average Bonchev–Trinajstić information content (AvgIpc) is 3.49. The van der Waals surface area contributed by atoms with E-state index in [-0.39, 0.29) is 26.3 Å². The van der Waals surface area contributed by atoms with Gasteiger partial charge in [0.1, 0.15) is 21.6 Å². The Balaban J connectivity index is 2.01. The molecule has 2 amide bonds. The standard InChI is InChI=1S/C19H15F3N8O4S/c1-3-29-7(2)9(5-25-29)8-4-11(19(20,21)22)26-18-12(8)14(15(35-18)16(23)31)27-17(32)13-10(30(33)34)6-24-28-13/h4-6H,3H2,1-2H3,(H2,23,31)(H,24,28)(H,27,32). The molecule has 4 aromatic rings. The number of aromatic amines is 1. The molecule has 0 spiro atoms. The van der Waals surface area contributed by atoms with Crippen molar-refractivity contribution in [3.05, 3.63) is 50.5 Å². The van der Waals surface area contributed by atoms with E-state index in [9.17, 15) is 32.9 Å². The van der Waals surface area contributed by atoms with E-state index in [2.05, 4.69) is 25.6 Å². The predicted molar refractivity (Wildman–Crippen MR) is 118 cm³/mol. The van der Waals surface area contributed by atoms with Crippen LogP contribution >= 0.6 is 11.3 Å². The quantitative estimate of drug-likeness (QED) is 0.264. The molecule has 4 rings (SSSR count). The monoisotopic (exact) mass is 508 g/mol. The second-order valence-corrected chi connectivity index (χ2v) is 8.20. The Morgan fingerprint density at radius 2 is 2.03 bits per heavy atom. The topological polar surface area (TPSA) is 175 Å². The van der Waals surface area contributed by atoms with Crippen LogP contribution in [0.2, 0.25) is 0 Å². The molecule has 4 N–H and O–H groups in total. The summed E-state index contributed by atoms with van der Waals surface area (Å²) >= 11 is 0.552. The molecular weight excluding hydrogens is 493 g/mol. The molecule has 0 saturated heterocycles. The number of pyridine rings is 1. The molecule has 0 saturated carbocycles. The first-order valence-corrected chi connectivity index (χ1v) is 10.6. The Hall–Kier alpha value is -4.34. The van der Waals surface area contributed by atoms with Crippen molar-refractivity contribution in [2.24, 2.45) is 5.73 Å². The number of halogens is 3. The second kappa shape index (κ2) is 8.46. The van der Waals surface area contributed by atoms with Gasteiger partial charge in [-0.05, 0) is 25.5 Å². The third-order valence-corrected chi connectivity index (χ3v) is 6.25. The number of hydrogen-bond acceptors (Lipinski definition) is 8. The number of amides is 2. The minimum Gasteiger partial charge on any atom is -0.365 e. The summed E-state index contributed by atoms with van der Waals surface area (Å²) in [6.45, 7) is 3.89. The van der Waals surface area contributed by atoms with Crippen molar-refractivity contribution in [1.82, 2.24) is 25.0 Å². The largest absolute Gasteiger partial charge is 0.433 e. The number of carbonyl (C=O) groups is 2. The predicted octanol–water partition coefficient (Wildman–Crippen LogP) is 3.49. The smallest absolute Gasteiger partial charge is 0.365 e. The molecule has 35 heavy (non-hydrogen) atoms. The van der Waals surface area contributed by atoms with Crippen molar-refractivity contribution in [3.63, 3.8) is 0 Å². The molecule has 4 aromatic heterocycles. The molecule has 182 valence electrons. The molecular formula is C19H15F3N8O4S. The molecule has 0 aliphatic rings. The highest BCUT2D eigenvalue weighted by Gasteiger charge is 2.36. The number of nitrogens with zero attached hydrogens (tertiary/aromatic N) is 5. The number of aromatic nitrogens is 5. The number of primary amides is 1. The van der Waals surface area contributed by atoms with E-state index in [0.717, 1.165) is 12.3 Å². The van der Waals surface area contributed by atoms with Crippen LogP contribution < -0.4 is 11.1 Å². The average molecular weight is 508 g/mol. The molecule has 0 atom stereocenters. The Bertz CT molecular complexity index is 1500. The van der Waals surface area contributed by atoms with Crippen LogP contribution in [0.3, 0.4) is 0 Å². The van der Waals surface area contributed by atoms with Crippen LogP contribution in [0.1, 0.15) is 38.5 Å². The van der Waals surface area contributed by atoms with Gasteiger partial charge < -0.3 is 11.1 Å². The van der Waals surface area contributed by atoms with E-state index in [1.165, 1.54) is 6.20 Å². The van der Waals surface area contributed by atoms with Gasteiger partial charge in [-0.3, -0.25) is 29.5 Å². The number of fused-ring (bicyclic) bond motifs is 1. The van der Waals surface area contributed by atoms with Gasteiger partial charge in [-0.2, -0.15) is 23.4 Å². The minimum atomic E-state index is -4.81. The van der Waals surface area contributed by atoms with E-state index in [0.29, 0.717) is 29.1 Å². The molecule has 0 radical (unpaired) electrons. The van der Waals surface area contributed by atoms with Gasteiger partial charge in [0.2, 0.25) is 5.69 Å². The molecule has 0 aliphatic carbocycles. The summed E-state index contributed by atoms with van der Waals surface area (Å²) < 4.78 is 42.5. The van der Waals surface area contributed by atoms with Crippen molar-refractivity contribution < 1.29 is 27.7 Å². The Kier molecular flexibility index (Phi) is 5.75. The highest BCUT2D eigenvalue weighted by atomic mass is 32.1. The number of nitrogens with two attached hydrogens (primary N) is 1. The third-order valence-electron chi connectivity index (χ3n) is 5.15. The lowest BCUT2D eigenvalue weighted by molar-refractivity contribution is -0.385. The van der Waals surface area contributed by atoms with Crippen LogP contribution in [0.15, 0.2) is 18.5 Å². The maximum absolute atomic E-state index is 13.7. The molecule has 4 heterocycles. The highest BCUT2D eigenvalue weighted by Crippen LogP contribution is 2.44. The third kappa shape index (κ3) is 4.07. The van der Waals surface area contributed by atoms with Crippen LogP contribution in [0.5, 0.6) is 0 Å². The van der Waals surface area contributed by atoms with E-state index >= 15 is 0 Å². The van der Waals surface area contributed by atoms with E-state index in [1.807, 2.05) is 0 Å². The van der Waals surface area contributed by atoms with Crippen molar-refractivity contribution in [2.75, 3.05) is 5.32 Å². The molecule has 12 nitrogen and oxygen atoms in total. The van der Waals surface area contributed by atoms with Crippen LogP contribution in [0, 0.1) is 17.0 Å². The van der Waals surface area contributed by atoms with Crippen LogP contribution in [-0.2, 0) is 12.7 Å². The number of aryl methyl sites for hydroxylation is 1. The zero-order chi connectivity index (χ0) is 25.7. The van der Waals surface area contributed by atoms with E-state index in [4.69, 9.17) is 5.73 Å². The van der Waals surface area contributed by atoms with Crippen molar-refractivity contribution >= 4 is 44.7 Å². The van der Waals surface area contributed by atoms with Crippen molar-refractivity contribution in [2.45, 2.75) is 26.6 Å². The van der Waals surface area contributed by atoms with Gasteiger partial charge in [0, 0.05) is 23.2 Å². The lowest BCUT2D eigenvalue weighted by Gasteiger charge is -2.12. The number of H-pyrrole nitrogens is 1. The molecule has 0 aromatic carbocycles. The van der Waals surface area contributed by atoms with Gasteiger partial charge in [-0.25, -0.2) is 4.98 Å². The molecule has 16 heteroatoms. The number of rotatable bonds is 6. The Morgan fingerprint density at radius 3 is 2.60 bits per heavy atom. The molecule has 0 bridgehead atoms. The fraction of sp³-hybridized carbons (Fsp3) is 0.211.